The molecule has 0 N–H and O–H groups in total. The molecule has 4 aromatic rings. The molecule has 0 spiro atoms. The fraction of sp³-hybridized carbons (Fsp3) is 0.167. The first-order valence-corrected chi connectivity index (χ1v) is 10.1. The minimum absolute atomic E-state index is 0.183. The third-order valence-corrected chi connectivity index (χ3v) is 4.72. The highest BCUT2D eigenvalue weighted by Gasteiger charge is 2.30. The number of carbonyl (C=O) groups is 1. The fourth-order valence-corrected chi connectivity index (χ4v) is 3.31. The van der Waals surface area contributed by atoms with Gasteiger partial charge in [-0.25, -0.2) is 19.3 Å². The SMILES string of the molecule is CCCOc1ccccc1N(C(C)=O)c1onc(-c2ccc(F)cc2)c1-c1ccncn1. The van der Waals surface area contributed by atoms with E-state index in [0.717, 1.165) is 6.42 Å². The molecule has 1 amide bonds. The molecule has 8 heteroatoms. The van der Waals surface area contributed by atoms with Crippen LogP contribution in [0.1, 0.15) is 20.3 Å². The standard InChI is InChI=1S/C24H21FN4O3/c1-3-14-31-21-7-5-4-6-20(21)29(16(2)30)24-22(19-12-13-26-15-27-19)23(28-32-24)17-8-10-18(25)11-9-17/h4-13,15H,3,14H2,1-2H3. The van der Waals surface area contributed by atoms with Crippen LogP contribution in [0.5, 0.6) is 5.75 Å². The third-order valence-electron chi connectivity index (χ3n) is 4.72. The molecule has 7 nitrogen and oxygen atoms in total. The molecule has 0 unspecified atom stereocenters. The second kappa shape index (κ2) is 9.38. The lowest BCUT2D eigenvalue weighted by Gasteiger charge is -2.22. The Labute approximate surface area is 184 Å². The maximum Gasteiger partial charge on any atom is 0.248 e. The van der Waals surface area contributed by atoms with E-state index in [4.69, 9.17) is 9.26 Å². The summed E-state index contributed by atoms with van der Waals surface area (Å²) < 4.78 is 25.1. The number of hydrogen-bond acceptors (Lipinski definition) is 6. The van der Waals surface area contributed by atoms with Crippen molar-refractivity contribution in [3.63, 3.8) is 0 Å². The van der Waals surface area contributed by atoms with E-state index >= 15 is 0 Å². The van der Waals surface area contributed by atoms with Crippen LogP contribution in [0.4, 0.5) is 16.0 Å². The normalized spacial score (nSPS) is 10.7. The van der Waals surface area contributed by atoms with Crippen molar-refractivity contribution in [1.29, 1.82) is 0 Å². The molecule has 2 aromatic heterocycles. The largest absolute Gasteiger partial charge is 0.491 e. The van der Waals surface area contributed by atoms with E-state index in [1.165, 1.54) is 30.3 Å². The summed E-state index contributed by atoms with van der Waals surface area (Å²) in [4.78, 5) is 22.6. The summed E-state index contributed by atoms with van der Waals surface area (Å²) in [6.07, 6.45) is 3.80. The van der Waals surface area contributed by atoms with E-state index in [1.54, 1.807) is 36.5 Å². The average molecular weight is 432 g/mol. The van der Waals surface area contributed by atoms with E-state index in [1.807, 2.05) is 19.1 Å². The Morgan fingerprint density at radius 2 is 1.91 bits per heavy atom. The highest BCUT2D eigenvalue weighted by Crippen LogP contribution is 2.43. The number of hydrogen-bond donors (Lipinski definition) is 0. The number of benzene rings is 2. The van der Waals surface area contributed by atoms with Crippen molar-refractivity contribution in [2.75, 3.05) is 11.5 Å². The molecule has 0 aliphatic carbocycles. The van der Waals surface area contributed by atoms with E-state index in [0.29, 0.717) is 40.6 Å². The van der Waals surface area contributed by atoms with Crippen LogP contribution in [0.2, 0.25) is 0 Å². The molecule has 2 heterocycles. The Kier molecular flexibility index (Phi) is 6.21. The van der Waals surface area contributed by atoms with Crippen LogP contribution in [-0.4, -0.2) is 27.6 Å². The Morgan fingerprint density at radius 3 is 2.59 bits per heavy atom. The van der Waals surface area contributed by atoms with Crippen LogP contribution in [-0.2, 0) is 4.79 Å². The number of aromatic nitrogens is 3. The lowest BCUT2D eigenvalue weighted by atomic mass is 10.0. The predicted molar refractivity (Wildman–Crippen MR) is 118 cm³/mol. The van der Waals surface area contributed by atoms with Gasteiger partial charge in [-0.3, -0.25) is 4.79 Å². The van der Waals surface area contributed by atoms with E-state index < -0.39 is 0 Å². The van der Waals surface area contributed by atoms with Gasteiger partial charge in [0.15, 0.2) is 0 Å². The third kappa shape index (κ3) is 4.20. The monoisotopic (exact) mass is 432 g/mol. The van der Waals surface area contributed by atoms with Gasteiger partial charge in [0, 0.05) is 18.7 Å². The van der Waals surface area contributed by atoms with Gasteiger partial charge in [-0.2, -0.15) is 0 Å². The topological polar surface area (TPSA) is 81.4 Å². The average Bonchev–Trinajstić information content (AvgIpc) is 3.24. The Balaban J connectivity index is 1.92. The van der Waals surface area contributed by atoms with Crippen molar-refractivity contribution < 1.29 is 18.4 Å². The van der Waals surface area contributed by atoms with Crippen molar-refractivity contribution in [2.24, 2.45) is 0 Å². The second-order valence-electron chi connectivity index (χ2n) is 6.98. The Hall–Kier alpha value is -4.07. The molecular formula is C24H21FN4O3. The van der Waals surface area contributed by atoms with Crippen LogP contribution < -0.4 is 9.64 Å². The van der Waals surface area contributed by atoms with E-state index in [-0.39, 0.29) is 17.6 Å². The van der Waals surface area contributed by atoms with Gasteiger partial charge in [-0.05, 0) is 48.9 Å². The maximum absolute atomic E-state index is 13.5. The number of para-hydroxylation sites is 2. The van der Waals surface area contributed by atoms with Crippen LogP contribution in [0.3, 0.4) is 0 Å². The summed E-state index contributed by atoms with van der Waals surface area (Å²) in [5.41, 5.74) is 2.56. The molecule has 0 saturated carbocycles. The highest BCUT2D eigenvalue weighted by atomic mass is 19.1. The van der Waals surface area contributed by atoms with Crippen LogP contribution >= 0.6 is 0 Å². The smallest absolute Gasteiger partial charge is 0.248 e. The quantitative estimate of drug-likeness (QED) is 0.388. The van der Waals surface area contributed by atoms with Crippen LogP contribution in [0.25, 0.3) is 22.5 Å². The Bertz CT molecular complexity index is 1210. The maximum atomic E-state index is 13.5. The number of nitrogens with zero attached hydrogens (tertiary/aromatic N) is 4. The van der Waals surface area contributed by atoms with Crippen LogP contribution in [0.15, 0.2) is 71.6 Å². The van der Waals surface area contributed by atoms with Gasteiger partial charge in [0.25, 0.3) is 0 Å². The first-order chi connectivity index (χ1) is 15.6. The summed E-state index contributed by atoms with van der Waals surface area (Å²) in [6, 6.07) is 14.8. The van der Waals surface area contributed by atoms with Gasteiger partial charge >= 0.3 is 0 Å². The summed E-state index contributed by atoms with van der Waals surface area (Å²) in [5, 5.41) is 4.22. The molecule has 2 aromatic carbocycles. The zero-order chi connectivity index (χ0) is 22.5. The minimum Gasteiger partial charge on any atom is -0.491 e. The molecule has 0 aliphatic rings. The minimum atomic E-state index is -0.367. The number of rotatable bonds is 7. The summed E-state index contributed by atoms with van der Waals surface area (Å²) in [6.45, 7) is 3.93. The number of halogens is 1. The molecule has 32 heavy (non-hydrogen) atoms. The molecule has 0 aliphatic heterocycles. The molecule has 0 fully saturated rings. The Morgan fingerprint density at radius 1 is 1.12 bits per heavy atom. The molecular weight excluding hydrogens is 411 g/mol. The van der Waals surface area contributed by atoms with Gasteiger partial charge in [-0.15, -0.1) is 0 Å². The molecule has 4 rings (SSSR count). The number of amides is 1. The lowest BCUT2D eigenvalue weighted by molar-refractivity contribution is -0.116. The van der Waals surface area contributed by atoms with Crippen LogP contribution in [0, 0.1) is 5.82 Å². The summed E-state index contributed by atoms with van der Waals surface area (Å²) in [5.74, 6) is 0.0593. The van der Waals surface area contributed by atoms with Crippen molar-refractivity contribution in [3.8, 4) is 28.3 Å². The molecule has 0 bridgehead atoms. The zero-order valence-electron chi connectivity index (χ0n) is 17.7. The molecule has 0 radical (unpaired) electrons. The first-order valence-electron chi connectivity index (χ1n) is 10.1. The predicted octanol–water partition coefficient (Wildman–Crippen LogP) is 5.41. The van der Waals surface area contributed by atoms with Crippen molar-refractivity contribution >= 4 is 17.5 Å². The first kappa shape index (κ1) is 21.2. The zero-order valence-corrected chi connectivity index (χ0v) is 17.7. The van der Waals surface area contributed by atoms with Gasteiger partial charge in [0.1, 0.15) is 23.6 Å². The van der Waals surface area contributed by atoms with Gasteiger partial charge in [0.2, 0.25) is 11.8 Å². The fourth-order valence-electron chi connectivity index (χ4n) is 3.31. The van der Waals surface area contributed by atoms with Crippen molar-refractivity contribution in [3.05, 3.63) is 72.9 Å². The lowest BCUT2D eigenvalue weighted by Crippen LogP contribution is -2.23. The highest BCUT2D eigenvalue weighted by molar-refractivity contribution is 6.04. The van der Waals surface area contributed by atoms with E-state index in [9.17, 15) is 9.18 Å². The molecule has 0 atom stereocenters. The van der Waals surface area contributed by atoms with Gasteiger partial charge in [0.05, 0.1) is 23.6 Å². The second-order valence-corrected chi connectivity index (χ2v) is 6.98. The van der Waals surface area contributed by atoms with Crippen molar-refractivity contribution in [1.82, 2.24) is 15.1 Å². The summed E-state index contributed by atoms with van der Waals surface area (Å²) >= 11 is 0. The molecule has 162 valence electrons. The van der Waals surface area contributed by atoms with Gasteiger partial charge < -0.3 is 9.26 Å². The number of anilines is 2. The van der Waals surface area contributed by atoms with E-state index in [2.05, 4.69) is 15.1 Å². The number of carbonyl (C=O) groups excluding carboxylic acids is 1. The molecule has 0 saturated heterocycles. The van der Waals surface area contributed by atoms with Crippen molar-refractivity contribution in [2.45, 2.75) is 20.3 Å². The number of ether oxygens (including phenoxy) is 1. The van der Waals surface area contributed by atoms with Gasteiger partial charge in [-0.1, -0.05) is 24.2 Å². The summed E-state index contributed by atoms with van der Waals surface area (Å²) in [7, 11) is 0.